The van der Waals surface area contributed by atoms with Gasteiger partial charge in [0, 0.05) is 4.70 Å². The van der Waals surface area contributed by atoms with Gasteiger partial charge < -0.3 is 9.15 Å². The van der Waals surface area contributed by atoms with Crippen LogP contribution >= 0.6 is 22.7 Å². The van der Waals surface area contributed by atoms with Gasteiger partial charge in [-0.3, -0.25) is 4.79 Å². The Morgan fingerprint density at radius 1 is 1.20 bits per heavy atom. The fraction of sp³-hybridized carbons (Fsp3) is 0.158. The molecule has 0 fully saturated rings. The highest BCUT2D eigenvalue weighted by atomic mass is 32.1. The number of hydrogen-bond acceptors (Lipinski definition) is 6. The van der Waals surface area contributed by atoms with Crippen molar-refractivity contribution in [3.63, 3.8) is 0 Å². The Morgan fingerprint density at radius 2 is 2.08 bits per heavy atom. The lowest BCUT2D eigenvalue weighted by Crippen LogP contribution is -2.08. The Hall–Kier alpha value is -2.44. The molecule has 0 aliphatic carbocycles. The van der Waals surface area contributed by atoms with Gasteiger partial charge in [0.15, 0.2) is 5.76 Å². The van der Waals surface area contributed by atoms with E-state index in [1.165, 1.54) is 4.70 Å². The summed E-state index contributed by atoms with van der Waals surface area (Å²) in [5, 5.41) is 3.13. The zero-order valence-electron chi connectivity index (χ0n) is 13.5. The highest BCUT2D eigenvalue weighted by Crippen LogP contribution is 2.37. The van der Waals surface area contributed by atoms with E-state index in [1.807, 2.05) is 29.6 Å². The monoisotopic (exact) mass is 369 g/mol. The maximum atomic E-state index is 11.9. The third-order valence-corrected chi connectivity index (χ3v) is 5.67. The summed E-state index contributed by atoms with van der Waals surface area (Å²) in [5.74, 6) is 0.899. The third kappa shape index (κ3) is 3.23. The van der Waals surface area contributed by atoms with Crippen molar-refractivity contribution in [3.05, 3.63) is 53.5 Å². The number of thiophene rings is 2. The maximum Gasteiger partial charge on any atom is 0.312 e. The van der Waals surface area contributed by atoms with E-state index in [2.05, 4.69) is 23.2 Å². The molecule has 126 valence electrons. The van der Waals surface area contributed by atoms with Crippen LogP contribution in [0, 0.1) is 0 Å². The first-order chi connectivity index (χ1) is 12.2. The van der Waals surface area contributed by atoms with E-state index in [4.69, 9.17) is 9.15 Å². The average Bonchev–Trinajstić information content (AvgIpc) is 3.33. The van der Waals surface area contributed by atoms with E-state index in [-0.39, 0.29) is 12.4 Å². The second-order valence-electron chi connectivity index (χ2n) is 5.40. The summed E-state index contributed by atoms with van der Waals surface area (Å²) in [6, 6.07) is 14.2. The number of nitrogens with zero attached hydrogens (tertiary/aromatic N) is 1. The number of fused-ring (bicyclic) bond motifs is 1. The first-order valence-corrected chi connectivity index (χ1v) is 9.62. The molecule has 4 rings (SSSR count). The fourth-order valence-corrected chi connectivity index (χ4v) is 4.33. The fourth-order valence-electron chi connectivity index (χ4n) is 2.61. The summed E-state index contributed by atoms with van der Waals surface area (Å²) in [6.07, 6.45) is 0.107. The molecule has 0 N–H and O–H groups in total. The van der Waals surface area contributed by atoms with Crippen LogP contribution in [0.25, 0.3) is 31.5 Å². The van der Waals surface area contributed by atoms with Crippen LogP contribution in [0.2, 0.25) is 0 Å². The highest BCUT2D eigenvalue weighted by Gasteiger charge is 2.21. The molecule has 3 aromatic heterocycles. The van der Waals surface area contributed by atoms with Crippen LogP contribution in [0.1, 0.15) is 12.6 Å². The van der Waals surface area contributed by atoms with Crippen LogP contribution in [0.15, 0.2) is 52.3 Å². The van der Waals surface area contributed by atoms with Crippen molar-refractivity contribution < 1.29 is 13.9 Å². The minimum absolute atomic E-state index is 0.107. The van der Waals surface area contributed by atoms with Crippen molar-refractivity contribution in [1.82, 2.24) is 4.98 Å². The molecule has 0 amide bonds. The molecular weight excluding hydrogens is 354 g/mol. The third-order valence-electron chi connectivity index (χ3n) is 3.70. The van der Waals surface area contributed by atoms with Crippen LogP contribution in [0.4, 0.5) is 0 Å². The smallest absolute Gasteiger partial charge is 0.312 e. The Balaban J connectivity index is 1.77. The van der Waals surface area contributed by atoms with Crippen molar-refractivity contribution in [1.29, 1.82) is 0 Å². The van der Waals surface area contributed by atoms with Gasteiger partial charge in [-0.25, -0.2) is 4.98 Å². The van der Waals surface area contributed by atoms with E-state index >= 15 is 0 Å². The van der Waals surface area contributed by atoms with E-state index in [9.17, 15) is 4.79 Å². The zero-order chi connectivity index (χ0) is 17.2. The SMILES string of the molecule is CCOC(=O)Cc1nc(-c2cc3ccccc3s2)oc1-c1cccs1. The van der Waals surface area contributed by atoms with Crippen LogP contribution in [-0.4, -0.2) is 17.6 Å². The van der Waals surface area contributed by atoms with Gasteiger partial charge in [-0.05, 0) is 35.9 Å². The van der Waals surface area contributed by atoms with Crippen molar-refractivity contribution in [2.75, 3.05) is 6.61 Å². The molecular formula is C19H15NO3S2. The van der Waals surface area contributed by atoms with Crippen molar-refractivity contribution in [3.8, 4) is 21.4 Å². The molecule has 0 radical (unpaired) electrons. The number of hydrogen-bond donors (Lipinski definition) is 0. The van der Waals surface area contributed by atoms with Crippen LogP contribution in [0.5, 0.6) is 0 Å². The molecule has 1 aromatic carbocycles. The molecule has 0 unspecified atom stereocenters. The van der Waals surface area contributed by atoms with E-state index in [1.54, 1.807) is 29.6 Å². The van der Waals surface area contributed by atoms with Gasteiger partial charge in [0.25, 0.3) is 0 Å². The molecule has 4 aromatic rings. The van der Waals surface area contributed by atoms with Crippen LogP contribution < -0.4 is 0 Å². The summed E-state index contributed by atoms with van der Waals surface area (Å²) in [6.45, 7) is 2.15. The molecule has 0 aliphatic rings. The molecule has 0 saturated carbocycles. The first-order valence-electron chi connectivity index (χ1n) is 7.92. The molecule has 3 heterocycles. The van der Waals surface area contributed by atoms with Gasteiger partial charge in [-0.15, -0.1) is 22.7 Å². The summed E-state index contributed by atoms with van der Waals surface area (Å²) in [7, 11) is 0. The van der Waals surface area contributed by atoms with Crippen molar-refractivity contribution in [2.24, 2.45) is 0 Å². The van der Waals surface area contributed by atoms with E-state index in [0.29, 0.717) is 24.0 Å². The lowest BCUT2D eigenvalue weighted by atomic mass is 10.2. The predicted molar refractivity (Wildman–Crippen MR) is 101 cm³/mol. The Labute approximate surface area is 152 Å². The van der Waals surface area contributed by atoms with E-state index in [0.717, 1.165) is 15.1 Å². The highest BCUT2D eigenvalue weighted by molar-refractivity contribution is 7.22. The molecule has 0 saturated heterocycles. The molecule has 0 bridgehead atoms. The van der Waals surface area contributed by atoms with Gasteiger partial charge in [0.05, 0.1) is 28.5 Å². The normalized spacial score (nSPS) is 11.1. The average molecular weight is 369 g/mol. The largest absolute Gasteiger partial charge is 0.466 e. The molecule has 0 atom stereocenters. The lowest BCUT2D eigenvalue weighted by molar-refractivity contribution is -0.142. The summed E-state index contributed by atoms with van der Waals surface area (Å²) in [4.78, 5) is 18.4. The van der Waals surface area contributed by atoms with Gasteiger partial charge in [0.1, 0.15) is 0 Å². The Morgan fingerprint density at radius 3 is 2.84 bits per heavy atom. The number of aromatic nitrogens is 1. The Kier molecular flexibility index (Phi) is 4.38. The van der Waals surface area contributed by atoms with Crippen LogP contribution in [0.3, 0.4) is 0 Å². The van der Waals surface area contributed by atoms with E-state index < -0.39 is 0 Å². The molecule has 25 heavy (non-hydrogen) atoms. The second kappa shape index (κ2) is 6.82. The van der Waals surface area contributed by atoms with Crippen molar-refractivity contribution in [2.45, 2.75) is 13.3 Å². The number of benzene rings is 1. The number of rotatable bonds is 5. The first kappa shape index (κ1) is 16.1. The van der Waals surface area contributed by atoms with Gasteiger partial charge in [0.2, 0.25) is 5.89 Å². The topological polar surface area (TPSA) is 52.3 Å². The van der Waals surface area contributed by atoms with Crippen molar-refractivity contribution >= 4 is 38.7 Å². The zero-order valence-corrected chi connectivity index (χ0v) is 15.2. The summed E-state index contributed by atoms with van der Waals surface area (Å²) in [5.41, 5.74) is 0.619. The molecule has 0 aliphatic heterocycles. The minimum Gasteiger partial charge on any atom is -0.466 e. The quantitative estimate of drug-likeness (QED) is 0.443. The maximum absolute atomic E-state index is 11.9. The second-order valence-corrected chi connectivity index (χ2v) is 7.43. The van der Waals surface area contributed by atoms with Crippen LogP contribution in [-0.2, 0) is 16.0 Å². The number of ether oxygens (including phenoxy) is 1. The van der Waals surface area contributed by atoms with Gasteiger partial charge >= 0.3 is 5.97 Å². The number of carbonyl (C=O) groups is 1. The number of oxazole rings is 1. The van der Waals surface area contributed by atoms with Gasteiger partial charge in [-0.1, -0.05) is 24.3 Å². The number of esters is 1. The molecule has 6 heteroatoms. The molecule has 4 nitrogen and oxygen atoms in total. The van der Waals surface area contributed by atoms with Gasteiger partial charge in [-0.2, -0.15) is 0 Å². The minimum atomic E-state index is -0.295. The summed E-state index contributed by atoms with van der Waals surface area (Å²) < 4.78 is 12.3. The predicted octanol–water partition coefficient (Wildman–Crippen LogP) is 5.39. The molecule has 0 spiro atoms. The standard InChI is InChI=1S/C19H15NO3S2/c1-2-22-17(21)11-13-18(15-8-5-9-24-15)23-19(20-13)16-10-12-6-3-4-7-14(12)25-16/h3-10H,2,11H2,1H3. The Bertz CT molecular complexity index is 982. The lowest BCUT2D eigenvalue weighted by Gasteiger charge is -1.99. The number of carbonyl (C=O) groups excluding carboxylic acids is 1. The summed E-state index contributed by atoms with van der Waals surface area (Å²) >= 11 is 3.19.